The van der Waals surface area contributed by atoms with Crippen LogP contribution in [0.1, 0.15) is 29.9 Å². The van der Waals surface area contributed by atoms with Gasteiger partial charge in [-0.2, -0.15) is 5.10 Å². The molecule has 7 nitrogen and oxygen atoms in total. The summed E-state index contributed by atoms with van der Waals surface area (Å²) in [5.74, 6) is 1.57. The number of aromatic nitrogens is 2. The number of methoxy groups -OCH3 is 1. The fourth-order valence-corrected chi connectivity index (χ4v) is 3.04. The highest BCUT2D eigenvalue weighted by atomic mass is 16.5. The molecule has 4 aromatic rings. The van der Waals surface area contributed by atoms with E-state index in [9.17, 15) is 9.90 Å². The number of amides is 1. The van der Waals surface area contributed by atoms with E-state index < -0.39 is 0 Å². The van der Waals surface area contributed by atoms with Gasteiger partial charge in [-0.05, 0) is 69.3 Å². The van der Waals surface area contributed by atoms with E-state index in [-0.39, 0.29) is 11.7 Å². The predicted octanol–water partition coefficient (Wildman–Crippen LogP) is 6.20. The first-order chi connectivity index (χ1) is 16.4. The molecule has 0 saturated carbocycles. The van der Waals surface area contributed by atoms with Crippen molar-refractivity contribution in [2.24, 2.45) is 0 Å². The molecule has 0 radical (unpaired) electrons. The number of nitrogens with zero attached hydrogens (tertiary/aromatic N) is 2. The number of hydrogen-bond donors (Lipinski definition) is 3. The predicted molar refractivity (Wildman–Crippen MR) is 136 cm³/mol. The van der Waals surface area contributed by atoms with Crippen molar-refractivity contribution in [1.82, 2.24) is 10.2 Å². The number of aromatic hydroxyl groups is 1. The molecule has 0 bridgehead atoms. The number of carbonyl (C=O) groups excluding carboxylic acids is 1. The first-order valence-electron chi connectivity index (χ1n) is 10.8. The minimum Gasteiger partial charge on any atom is -0.508 e. The lowest BCUT2D eigenvalue weighted by Gasteiger charge is -2.10. The number of aryl methyl sites for hydroxylation is 1. The Hall–Kier alpha value is -4.39. The van der Waals surface area contributed by atoms with Crippen molar-refractivity contribution >= 4 is 33.9 Å². The van der Waals surface area contributed by atoms with Crippen LogP contribution in [0, 0.1) is 6.92 Å². The van der Waals surface area contributed by atoms with Crippen LogP contribution < -0.4 is 10.6 Å². The van der Waals surface area contributed by atoms with Gasteiger partial charge in [-0.3, -0.25) is 4.79 Å². The van der Waals surface area contributed by atoms with Gasteiger partial charge in [0.1, 0.15) is 5.75 Å². The summed E-state index contributed by atoms with van der Waals surface area (Å²) >= 11 is 0. The molecule has 0 aliphatic carbocycles. The molecule has 0 fully saturated rings. The molecule has 7 heteroatoms. The van der Waals surface area contributed by atoms with Crippen molar-refractivity contribution < 1.29 is 14.6 Å². The number of nitrogens with one attached hydrogen (secondary N) is 2. The number of phenols is 1. The second-order valence-electron chi connectivity index (χ2n) is 7.49. The van der Waals surface area contributed by atoms with Gasteiger partial charge in [-0.1, -0.05) is 30.3 Å². The molecule has 0 unspecified atom stereocenters. The molecule has 4 rings (SSSR count). The molecular formula is C27H28N4O3. The quantitative estimate of drug-likeness (QED) is 0.245. The van der Waals surface area contributed by atoms with Gasteiger partial charge in [-0.15, -0.1) is 5.10 Å². The van der Waals surface area contributed by atoms with Crippen LogP contribution in [-0.2, 0) is 4.74 Å². The van der Waals surface area contributed by atoms with Crippen LogP contribution in [0.2, 0.25) is 0 Å². The highest BCUT2D eigenvalue weighted by Crippen LogP contribution is 2.25. The number of carbonyl (C=O) groups is 1. The molecule has 0 spiro atoms. The first kappa shape index (κ1) is 24.3. The Morgan fingerprint density at radius 2 is 1.53 bits per heavy atom. The summed E-state index contributed by atoms with van der Waals surface area (Å²) in [7, 11) is 1.66. The minimum absolute atomic E-state index is 0.153. The Balaban J connectivity index is 0.000000481. The van der Waals surface area contributed by atoms with Gasteiger partial charge < -0.3 is 20.5 Å². The molecule has 34 heavy (non-hydrogen) atoms. The van der Waals surface area contributed by atoms with Crippen molar-refractivity contribution in [2.45, 2.75) is 20.8 Å². The van der Waals surface area contributed by atoms with E-state index in [1.807, 2.05) is 63.2 Å². The van der Waals surface area contributed by atoms with Gasteiger partial charge >= 0.3 is 0 Å². The van der Waals surface area contributed by atoms with Gasteiger partial charge in [0, 0.05) is 27.7 Å². The fourth-order valence-electron chi connectivity index (χ4n) is 3.04. The maximum absolute atomic E-state index is 12.4. The van der Waals surface area contributed by atoms with Crippen LogP contribution in [-0.4, -0.2) is 28.3 Å². The summed E-state index contributed by atoms with van der Waals surface area (Å²) in [6.45, 7) is 5.79. The van der Waals surface area contributed by atoms with Gasteiger partial charge in [0.15, 0.2) is 5.82 Å². The number of allylic oxidation sites excluding steroid dienone is 2. The Bertz CT molecular complexity index is 1280. The standard InChI is InChI=1S/C22H18N4O2.C5H10O/c1-14-19-4-2-3-5-20(19)21(26-25-14)23-16-8-6-15(7-9-16)22(28)24-17-10-12-18(27)13-11-17;1-4-5(2)6-3/h2-13,27H,1H3,(H,23,26)(H,24,28);4H,1-3H3/b;5-4+. The molecule has 1 aromatic heterocycles. The normalized spacial score (nSPS) is 10.8. The molecule has 0 aliphatic heterocycles. The second kappa shape index (κ2) is 11.5. The summed E-state index contributed by atoms with van der Waals surface area (Å²) in [6.07, 6.45) is 1.92. The zero-order chi connectivity index (χ0) is 24.5. The van der Waals surface area contributed by atoms with Crippen molar-refractivity contribution in [1.29, 1.82) is 0 Å². The Morgan fingerprint density at radius 1 is 0.912 bits per heavy atom. The summed E-state index contributed by atoms with van der Waals surface area (Å²) in [5, 5.41) is 25.9. The van der Waals surface area contributed by atoms with E-state index in [1.165, 1.54) is 12.1 Å². The van der Waals surface area contributed by atoms with Crippen LogP contribution in [0.3, 0.4) is 0 Å². The molecule has 3 N–H and O–H groups in total. The maximum atomic E-state index is 12.4. The third-order valence-corrected chi connectivity index (χ3v) is 5.14. The Kier molecular flexibility index (Phi) is 8.18. The Morgan fingerprint density at radius 3 is 2.12 bits per heavy atom. The number of rotatable bonds is 5. The SMILES string of the molecule is C/C=C(\C)OC.Cc1nnc(Nc2ccc(C(=O)Nc3ccc(O)cc3)cc2)c2ccccc12. The zero-order valence-corrected chi connectivity index (χ0v) is 19.7. The number of fused-ring (bicyclic) bond motifs is 1. The molecule has 1 heterocycles. The van der Waals surface area contributed by atoms with Crippen molar-refractivity contribution in [3.05, 3.63) is 95.9 Å². The summed E-state index contributed by atoms with van der Waals surface area (Å²) in [5.41, 5.74) is 2.83. The highest BCUT2D eigenvalue weighted by molar-refractivity contribution is 6.04. The molecule has 1 amide bonds. The summed E-state index contributed by atoms with van der Waals surface area (Å²) in [4.78, 5) is 12.4. The number of anilines is 3. The monoisotopic (exact) mass is 456 g/mol. The van der Waals surface area contributed by atoms with E-state index >= 15 is 0 Å². The summed E-state index contributed by atoms with van der Waals surface area (Å²) < 4.78 is 4.76. The van der Waals surface area contributed by atoms with Crippen molar-refractivity contribution in [2.75, 3.05) is 17.7 Å². The van der Waals surface area contributed by atoms with E-state index in [2.05, 4.69) is 20.8 Å². The van der Waals surface area contributed by atoms with Crippen LogP contribution in [0.25, 0.3) is 10.8 Å². The third kappa shape index (κ3) is 6.32. The average molecular weight is 457 g/mol. The molecule has 174 valence electrons. The largest absolute Gasteiger partial charge is 0.508 e. The molecule has 0 aliphatic rings. The van der Waals surface area contributed by atoms with Crippen LogP contribution in [0.5, 0.6) is 5.75 Å². The number of phenolic OH excluding ortho intramolecular Hbond substituents is 1. The van der Waals surface area contributed by atoms with Gasteiger partial charge in [0.05, 0.1) is 18.6 Å². The van der Waals surface area contributed by atoms with Gasteiger partial charge in [0.25, 0.3) is 5.91 Å². The molecule has 3 aromatic carbocycles. The lowest BCUT2D eigenvalue weighted by molar-refractivity contribution is 0.102. The topological polar surface area (TPSA) is 96.4 Å². The van der Waals surface area contributed by atoms with Gasteiger partial charge in [0.2, 0.25) is 0 Å². The van der Waals surface area contributed by atoms with Crippen LogP contribution in [0.4, 0.5) is 17.2 Å². The van der Waals surface area contributed by atoms with E-state index in [0.717, 1.165) is 27.9 Å². The van der Waals surface area contributed by atoms with Crippen LogP contribution >= 0.6 is 0 Å². The molecule has 0 atom stereocenters. The maximum Gasteiger partial charge on any atom is 0.255 e. The number of benzene rings is 3. The zero-order valence-electron chi connectivity index (χ0n) is 19.7. The van der Waals surface area contributed by atoms with Crippen LogP contribution in [0.15, 0.2) is 84.6 Å². The average Bonchev–Trinajstić information content (AvgIpc) is 2.87. The number of hydrogen-bond acceptors (Lipinski definition) is 6. The van der Waals surface area contributed by atoms with E-state index in [0.29, 0.717) is 17.1 Å². The van der Waals surface area contributed by atoms with Crippen molar-refractivity contribution in [3.63, 3.8) is 0 Å². The molecular weight excluding hydrogens is 428 g/mol. The van der Waals surface area contributed by atoms with E-state index in [4.69, 9.17) is 4.74 Å². The summed E-state index contributed by atoms with van der Waals surface area (Å²) in [6, 6.07) is 21.4. The van der Waals surface area contributed by atoms with Crippen molar-refractivity contribution in [3.8, 4) is 5.75 Å². The first-order valence-corrected chi connectivity index (χ1v) is 10.8. The third-order valence-electron chi connectivity index (χ3n) is 5.14. The number of ether oxygens (including phenoxy) is 1. The Labute approximate surface area is 199 Å². The molecule has 0 saturated heterocycles. The lowest BCUT2D eigenvalue weighted by Crippen LogP contribution is -2.11. The second-order valence-corrected chi connectivity index (χ2v) is 7.49. The highest BCUT2D eigenvalue weighted by Gasteiger charge is 2.09. The minimum atomic E-state index is -0.224. The van der Waals surface area contributed by atoms with E-state index in [1.54, 1.807) is 31.4 Å². The lowest BCUT2D eigenvalue weighted by atomic mass is 10.1. The smallest absolute Gasteiger partial charge is 0.255 e. The van der Waals surface area contributed by atoms with Gasteiger partial charge in [-0.25, -0.2) is 0 Å². The fraction of sp³-hybridized carbons (Fsp3) is 0.148.